The van der Waals surface area contributed by atoms with Crippen molar-refractivity contribution in [1.29, 1.82) is 0 Å². The molecule has 1 amide bonds. The monoisotopic (exact) mass is 455 g/mol. The van der Waals surface area contributed by atoms with Gasteiger partial charge in [-0.05, 0) is 35.7 Å². The number of rotatable bonds is 3. The zero-order valence-electron chi connectivity index (χ0n) is 17.8. The van der Waals surface area contributed by atoms with E-state index in [1.54, 1.807) is 17.7 Å². The van der Waals surface area contributed by atoms with Crippen molar-refractivity contribution < 1.29 is 4.79 Å². The summed E-state index contributed by atoms with van der Waals surface area (Å²) in [6.07, 6.45) is 1.61. The average molecular weight is 456 g/mol. The van der Waals surface area contributed by atoms with Crippen LogP contribution >= 0.6 is 11.3 Å². The molecule has 1 aliphatic heterocycles. The largest absolute Gasteiger partial charge is 0.352 e. The van der Waals surface area contributed by atoms with Crippen LogP contribution in [0.3, 0.4) is 0 Å². The molecule has 1 fully saturated rings. The Hall–Kier alpha value is -3.78. The van der Waals surface area contributed by atoms with E-state index < -0.39 is 0 Å². The number of thiophene rings is 1. The molecule has 3 aromatic heterocycles. The van der Waals surface area contributed by atoms with Gasteiger partial charge in [-0.15, -0.1) is 11.3 Å². The van der Waals surface area contributed by atoms with Gasteiger partial charge in [0.05, 0.1) is 16.4 Å². The number of carbonyl (C=O) groups is 1. The number of nitrogens with zero attached hydrogens (tertiary/aromatic N) is 5. The van der Waals surface area contributed by atoms with Gasteiger partial charge < -0.3 is 14.4 Å². The smallest absolute Gasteiger partial charge is 0.242 e. The summed E-state index contributed by atoms with van der Waals surface area (Å²) in [5, 5.41) is 4.37. The number of amides is 1. The van der Waals surface area contributed by atoms with Crippen LogP contribution in [0.5, 0.6) is 0 Å². The highest BCUT2D eigenvalue weighted by Crippen LogP contribution is 2.27. The zero-order valence-corrected chi connectivity index (χ0v) is 18.7. The first-order valence-corrected chi connectivity index (χ1v) is 11.8. The molecule has 1 saturated heterocycles. The van der Waals surface area contributed by atoms with E-state index >= 15 is 0 Å². The number of hydrogen-bond donors (Lipinski definition) is 0. The molecule has 2 aromatic carbocycles. The highest BCUT2D eigenvalue weighted by molar-refractivity contribution is 7.16. The Labute approximate surface area is 193 Å². The number of fused-ring (bicyclic) bond motifs is 3. The fourth-order valence-electron chi connectivity index (χ4n) is 4.68. The Morgan fingerprint density at radius 2 is 1.52 bits per heavy atom. The summed E-state index contributed by atoms with van der Waals surface area (Å²) in [4.78, 5) is 40.2. The van der Waals surface area contributed by atoms with Crippen LogP contribution in [-0.2, 0) is 11.3 Å². The van der Waals surface area contributed by atoms with Crippen LogP contribution in [-0.4, -0.2) is 51.5 Å². The maximum Gasteiger partial charge on any atom is 0.242 e. The third kappa shape index (κ3) is 3.34. The lowest BCUT2D eigenvalue weighted by molar-refractivity contribution is -0.132. The van der Waals surface area contributed by atoms with Crippen LogP contribution in [0.15, 0.2) is 71.1 Å². The van der Waals surface area contributed by atoms with Gasteiger partial charge in [0.25, 0.3) is 0 Å². The Kier molecular flexibility index (Phi) is 4.80. The second kappa shape index (κ2) is 7.97. The summed E-state index contributed by atoms with van der Waals surface area (Å²) in [5.41, 5.74) is 1.58. The van der Waals surface area contributed by atoms with Gasteiger partial charge in [-0.1, -0.05) is 24.3 Å². The summed E-state index contributed by atoms with van der Waals surface area (Å²) in [5.74, 6) is 0.989. The molecule has 33 heavy (non-hydrogen) atoms. The second-order valence-corrected chi connectivity index (χ2v) is 9.05. The number of hydrogen-bond acceptors (Lipinski definition) is 6. The number of carbonyl (C=O) groups excluding carboxylic acids is 1. The van der Waals surface area contributed by atoms with E-state index in [1.807, 2.05) is 63.4 Å². The molecule has 0 bridgehead atoms. The first kappa shape index (κ1) is 19.9. The topological polar surface area (TPSA) is 71.3 Å². The molecule has 0 spiro atoms. The van der Waals surface area contributed by atoms with E-state index in [9.17, 15) is 9.59 Å². The van der Waals surface area contributed by atoms with Gasteiger partial charge in [0.15, 0.2) is 5.43 Å². The summed E-state index contributed by atoms with van der Waals surface area (Å²) in [7, 11) is 0. The molecule has 0 saturated carbocycles. The van der Waals surface area contributed by atoms with E-state index in [0.717, 1.165) is 40.2 Å². The number of aromatic nitrogens is 3. The molecule has 0 aliphatic carbocycles. The third-order valence-electron chi connectivity index (χ3n) is 6.34. The minimum absolute atomic E-state index is 0.00288. The van der Waals surface area contributed by atoms with Crippen LogP contribution < -0.4 is 10.3 Å². The fraction of sp³-hybridized carbons (Fsp3) is 0.200. The lowest BCUT2D eigenvalue weighted by Gasteiger charge is -2.36. The molecule has 0 N–H and O–H groups in total. The average Bonchev–Trinajstić information content (AvgIpc) is 3.36. The first-order chi connectivity index (χ1) is 16.2. The minimum atomic E-state index is 0.00288. The lowest BCUT2D eigenvalue weighted by atomic mass is 10.1. The van der Waals surface area contributed by atoms with E-state index in [0.29, 0.717) is 23.9 Å². The quantitative estimate of drug-likeness (QED) is 0.390. The van der Waals surface area contributed by atoms with Crippen molar-refractivity contribution in [2.24, 2.45) is 0 Å². The van der Waals surface area contributed by atoms with Crippen LogP contribution in [0, 0.1) is 0 Å². The van der Waals surface area contributed by atoms with E-state index in [-0.39, 0.29) is 17.9 Å². The molecule has 0 radical (unpaired) electrons. The summed E-state index contributed by atoms with van der Waals surface area (Å²) >= 11 is 1.61. The second-order valence-electron chi connectivity index (χ2n) is 8.15. The molecular weight excluding hydrogens is 434 g/mol. The molecule has 0 unspecified atom stereocenters. The van der Waals surface area contributed by atoms with Crippen molar-refractivity contribution in [3.05, 3.63) is 76.5 Å². The maximum atomic E-state index is 13.3. The predicted molar refractivity (Wildman–Crippen MR) is 132 cm³/mol. The van der Waals surface area contributed by atoms with Crippen molar-refractivity contribution in [3.8, 4) is 0 Å². The SMILES string of the molecule is O=C(Cn1c2ccccc2c(=O)c2ccccc21)N1CCN(c2ncnc3sccc23)CC1. The van der Waals surface area contributed by atoms with Gasteiger partial charge >= 0.3 is 0 Å². The van der Waals surface area contributed by atoms with E-state index in [1.165, 1.54) is 0 Å². The summed E-state index contributed by atoms with van der Waals surface area (Å²) in [6, 6.07) is 17.1. The highest BCUT2D eigenvalue weighted by atomic mass is 32.1. The normalized spacial score (nSPS) is 14.4. The zero-order chi connectivity index (χ0) is 22.4. The van der Waals surface area contributed by atoms with E-state index in [4.69, 9.17) is 0 Å². The Balaban J connectivity index is 1.27. The molecule has 5 aromatic rings. The van der Waals surface area contributed by atoms with Crippen molar-refractivity contribution in [1.82, 2.24) is 19.4 Å². The van der Waals surface area contributed by atoms with E-state index in [2.05, 4.69) is 20.9 Å². The Morgan fingerprint density at radius 3 is 2.21 bits per heavy atom. The fourth-order valence-corrected chi connectivity index (χ4v) is 5.41. The van der Waals surface area contributed by atoms with Crippen LogP contribution in [0.1, 0.15) is 0 Å². The molecule has 7 nitrogen and oxygen atoms in total. The molecule has 6 rings (SSSR count). The maximum absolute atomic E-state index is 13.3. The van der Waals surface area contributed by atoms with Crippen LogP contribution in [0.2, 0.25) is 0 Å². The number of pyridine rings is 1. The van der Waals surface area contributed by atoms with Gasteiger partial charge in [-0.3, -0.25) is 9.59 Å². The van der Waals surface area contributed by atoms with Crippen molar-refractivity contribution in [3.63, 3.8) is 0 Å². The van der Waals surface area contributed by atoms with Crippen molar-refractivity contribution >= 4 is 55.1 Å². The number of anilines is 1. The highest BCUT2D eigenvalue weighted by Gasteiger charge is 2.24. The lowest BCUT2D eigenvalue weighted by Crippen LogP contribution is -2.50. The van der Waals surface area contributed by atoms with Gasteiger partial charge in [0.2, 0.25) is 5.91 Å². The Morgan fingerprint density at radius 1 is 0.848 bits per heavy atom. The predicted octanol–water partition coefficient (Wildman–Crippen LogP) is 3.51. The van der Waals surface area contributed by atoms with Crippen LogP contribution in [0.4, 0.5) is 5.82 Å². The molecule has 1 aliphatic rings. The van der Waals surface area contributed by atoms with Gasteiger partial charge in [0.1, 0.15) is 23.5 Å². The first-order valence-electron chi connectivity index (χ1n) is 10.9. The molecular formula is C25H21N5O2S. The summed E-state index contributed by atoms with van der Waals surface area (Å²) in [6.45, 7) is 2.90. The molecule has 4 heterocycles. The number of piperazine rings is 1. The van der Waals surface area contributed by atoms with Gasteiger partial charge in [-0.2, -0.15) is 0 Å². The summed E-state index contributed by atoms with van der Waals surface area (Å²) < 4.78 is 1.97. The third-order valence-corrected chi connectivity index (χ3v) is 7.17. The van der Waals surface area contributed by atoms with Crippen molar-refractivity contribution in [2.45, 2.75) is 6.54 Å². The standard InChI is InChI=1S/C25H21N5O2S/c31-22(28-10-12-29(13-11-28)24-19-9-14-33-25(19)27-16-26-24)15-30-20-7-3-1-5-17(20)23(32)18-6-2-4-8-21(18)30/h1-9,14,16H,10-13,15H2. The number of benzene rings is 2. The Bertz CT molecular complexity index is 1510. The minimum Gasteiger partial charge on any atom is -0.352 e. The molecule has 164 valence electrons. The van der Waals surface area contributed by atoms with Gasteiger partial charge in [0, 0.05) is 37.0 Å². The van der Waals surface area contributed by atoms with Gasteiger partial charge in [-0.25, -0.2) is 9.97 Å². The molecule has 0 atom stereocenters. The number of para-hydroxylation sites is 2. The van der Waals surface area contributed by atoms with Crippen molar-refractivity contribution in [2.75, 3.05) is 31.1 Å². The van der Waals surface area contributed by atoms with Crippen LogP contribution in [0.25, 0.3) is 32.0 Å². The molecule has 8 heteroatoms.